The van der Waals surface area contributed by atoms with E-state index in [1.54, 1.807) is 11.1 Å². The van der Waals surface area contributed by atoms with Gasteiger partial charge in [-0.15, -0.1) is 0 Å². The molecule has 1 saturated heterocycles. The molecule has 0 radical (unpaired) electrons. The second-order valence-electron chi connectivity index (χ2n) is 7.80. The molecule has 1 heterocycles. The molecule has 1 amide bonds. The van der Waals surface area contributed by atoms with Crippen LogP contribution in [0.4, 0.5) is 4.79 Å². The van der Waals surface area contributed by atoms with Crippen molar-refractivity contribution in [1.82, 2.24) is 4.90 Å². The fourth-order valence-electron chi connectivity index (χ4n) is 2.10. The van der Waals surface area contributed by atoms with Crippen molar-refractivity contribution in [1.29, 1.82) is 0 Å². The van der Waals surface area contributed by atoms with Crippen molar-refractivity contribution in [3.05, 3.63) is 0 Å². The lowest BCUT2D eigenvalue weighted by molar-refractivity contribution is 0.0187. The van der Waals surface area contributed by atoms with Gasteiger partial charge >= 0.3 is 6.09 Å². The van der Waals surface area contributed by atoms with Crippen LogP contribution in [0.1, 0.15) is 60.8 Å². The standard InChI is InChI=1S/C16H30N2O3S/c1-15(2,3)21-14(19)18-11-8-13(9-12-18)7-10-17-22(20)16(4,5)6/h10,13H,7-9,11-12H2,1-6H3. The van der Waals surface area contributed by atoms with Crippen molar-refractivity contribution in [2.75, 3.05) is 13.1 Å². The summed E-state index contributed by atoms with van der Waals surface area (Å²) in [5, 5.41) is 0. The third kappa shape index (κ3) is 6.90. The molecule has 0 spiro atoms. The van der Waals surface area contributed by atoms with Crippen LogP contribution in [-0.4, -0.2) is 44.9 Å². The lowest BCUT2D eigenvalue weighted by atomic mass is 9.94. The number of piperidine rings is 1. The van der Waals surface area contributed by atoms with Gasteiger partial charge in [0.25, 0.3) is 0 Å². The Labute approximate surface area is 137 Å². The van der Waals surface area contributed by atoms with Crippen LogP contribution in [-0.2, 0) is 15.7 Å². The van der Waals surface area contributed by atoms with Gasteiger partial charge in [0, 0.05) is 19.3 Å². The molecule has 5 nitrogen and oxygen atoms in total. The predicted octanol–water partition coefficient (Wildman–Crippen LogP) is 3.56. The van der Waals surface area contributed by atoms with Gasteiger partial charge in [-0.2, -0.15) is 4.40 Å². The second kappa shape index (κ2) is 7.57. The first-order chi connectivity index (χ1) is 9.99. The Kier molecular flexibility index (Phi) is 6.59. The Morgan fingerprint density at radius 3 is 2.23 bits per heavy atom. The Balaban J connectivity index is 2.36. The van der Waals surface area contributed by atoms with Gasteiger partial charge in [0.05, 0.1) is 4.75 Å². The maximum atomic E-state index is 12.0. The summed E-state index contributed by atoms with van der Waals surface area (Å²) < 4.78 is 21.0. The summed E-state index contributed by atoms with van der Waals surface area (Å²) in [4.78, 5) is 13.7. The van der Waals surface area contributed by atoms with Gasteiger partial charge in [-0.3, -0.25) is 0 Å². The minimum atomic E-state index is -1.18. The van der Waals surface area contributed by atoms with Gasteiger partial charge in [-0.25, -0.2) is 9.00 Å². The van der Waals surface area contributed by atoms with Crippen LogP contribution < -0.4 is 0 Å². The highest BCUT2D eigenvalue weighted by Crippen LogP contribution is 2.22. The number of rotatable bonds is 3. The van der Waals surface area contributed by atoms with E-state index in [4.69, 9.17) is 4.74 Å². The van der Waals surface area contributed by atoms with E-state index in [9.17, 15) is 9.00 Å². The van der Waals surface area contributed by atoms with E-state index < -0.39 is 16.6 Å². The smallest absolute Gasteiger partial charge is 0.410 e. The number of ether oxygens (including phenoxy) is 1. The van der Waals surface area contributed by atoms with Crippen molar-refractivity contribution in [3.8, 4) is 0 Å². The monoisotopic (exact) mass is 330 g/mol. The van der Waals surface area contributed by atoms with E-state index in [2.05, 4.69) is 4.40 Å². The molecule has 6 heteroatoms. The Morgan fingerprint density at radius 2 is 1.77 bits per heavy atom. The van der Waals surface area contributed by atoms with Crippen molar-refractivity contribution in [2.45, 2.75) is 71.2 Å². The SMILES string of the molecule is CC(C)(C)OC(=O)N1CCC(CC=NS(=O)C(C)(C)C)CC1. The van der Waals surface area contributed by atoms with Crippen molar-refractivity contribution in [3.63, 3.8) is 0 Å². The molecule has 1 atom stereocenters. The summed E-state index contributed by atoms with van der Waals surface area (Å²) in [6.07, 6.45) is 4.26. The van der Waals surface area contributed by atoms with Gasteiger partial charge in [0.15, 0.2) is 0 Å². The molecule has 1 fully saturated rings. The third-order valence-electron chi connectivity index (χ3n) is 3.40. The zero-order valence-electron chi connectivity index (χ0n) is 14.7. The molecule has 0 aromatic rings. The minimum absolute atomic E-state index is 0.228. The summed E-state index contributed by atoms with van der Waals surface area (Å²) in [7, 11) is -1.18. The van der Waals surface area contributed by atoms with Gasteiger partial charge < -0.3 is 9.64 Å². The lowest BCUT2D eigenvalue weighted by Crippen LogP contribution is -2.41. The molecular weight excluding hydrogens is 300 g/mol. The normalized spacial score (nSPS) is 19.5. The van der Waals surface area contributed by atoms with Gasteiger partial charge in [-0.05, 0) is 66.7 Å². The average Bonchev–Trinajstić information content (AvgIpc) is 2.36. The number of carbonyl (C=O) groups is 1. The molecule has 128 valence electrons. The number of carbonyl (C=O) groups excluding carboxylic acids is 1. The molecule has 22 heavy (non-hydrogen) atoms. The van der Waals surface area contributed by atoms with Crippen LogP contribution in [0.2, 0.25) is 0 Å². The molecule has 1 aliphatic heterocycles. The van der Waals surface area contributed by atoms with E-state index in [1.807, 2.05) is 41.5 Å². The third-order valence-corrected chi connectivity index (χ3v) is 4.79. The average molecular weight is 330 g/mol. The van der Waals surface area contributed by atoms with Gasteiger partial charge in [0.1, 0.15) is 16.6 Å². The molecular formula is C16H30N2O3S. The van der Waals surface area contributed by atoms with Crippen LogP contribution in [0.3, 0.4) is 0 Å². The zero-order chi connectivity index (χ0) is 17.0. The summed E-state index contributed by atoms with van der Waals surface area (Å²) in [6, 6.07) is 0. The molecule has 0 bridgehead atoms. The number of nitrogens with zero attached hydrogens (tertiary/aromatic N) is 2. The first-order valence-electron chi connectivity index (χ1n) is 7.91. The van der Waals surface area contributed by atoms with Crippen LogP contribution in [0.15, 0.2) is 4.40 Å². The van der Waals surface area contributed by atoms with E-state index in [0.717, 1.165) is 32.4 Å². The fraction of sp³-hybridized carbons (Fsp3) is 0.875. The van der Waals surface area contributed by atoms with Crippen LogP contribution in [0, 0.1) is 5.92 Å². The highest BCUT2D eigenvalue weighted by Gasteiger charge is 2.26. The quantitative estimate of drug-likeness (QED) is 0.743. The van der Waals surface area contributed by atoms with Crippen molar-refractivity contribution < 1.29 is 13.7 Å². The first kappa shape index (κ1) is 19.1. The topological polar surface area (TPSA) is 59.0 Å². The number of amides is 1. The van der Waals surface area contributed by atoms with Crippen molar-refractivity contribution in [2.24, 2.45) is 10.3 Å². The van der Waals surface area contributed by atoms with E-state index in [1.165, 1.54) is 0 Å². The summed E-state index contributed by atoms with van der Waals surface area (Å²) in [5.74, 6) is 0.499. The van der Waals surface area contributed by atoms with Crippen LogP contribution >= 0.6 is 0 Å². The predicted molar refractivity (Wildman–Crippen MR) is 91.5 cm³/mol. The lowest BCUT2D eigenvalue weighted by Gasteiger charge is -2.33. The summed E-state index contributed by atoms with van der Waals surface area (Å²) >= 11 is 0. The molecule has 1 unspecified atom stereocenters. The van der Waals surface area contributed by atoms with Crippen LogP contribution in [0.5, 0.6) is 0 Å². The van der Waals surface area contributed by atoms with E-state index in [-0.39, 0.29) is 10.8 Å². The number of hydrogen-bond donors (Lipinski definition) is 0. The summed E-state index contributed by atoms with van der Waals surface area (Å²) in [5.41, 5.74) is -0.447. The highest BCUT2D eigenvalue weighted by atomic mass is 32.2. The molecule has 0 aliphatic carbocycles. The molecule has 0 N–H and O–H groups in total. The maximum absolute atomic E-state index is 12.0. The largest absolute Gasteiger partial charge is 0.444 e. The Morgan fingerprint density at radius 1 is 1.23 bits per heavy atom. The second-order valence-corrected chi connectivity index (χ2v) is 9.73. The Bertz CT molecular complexity index is 428. The molecule has 1 rings (SSSR count). The van der Waals surface area contributed by atoms with Crippen LogP contribution in [0.25, 0.3) is 0 Å². The summed E-state index contributed by atoms with van der Waals surface area (Å²) in [6.45, 7) is 12.8. The maximum Gasteiger partial charge on any atom is 0.410 e. The number of hydrogen-bond acceptors (Lipinski definition) is 3. The van der Waals surface area contributed by atoms with E-state index in [0.29, 0.717) is 5.92 Å². The Hall–Kier alpha value is -0.910. The molecule has 1 aliphatic rings. The zero-order valence-corrected chi connectivity index (χ0v) is 15.5. The molecule has 0 saturated carbocycles. The highest BCUT2D eigenvalue weighted by molar-refractivity contribution is 7.85. The number of likely N-dealkylation sites (tertiary alicyclic amines) is 1. The van der Waals surface area contributed by atoms with E-state index >= 15 is 0 Å². The van der Waals surface area contributed by atoms with Gasteiger partial charge in [0.2, 0.25) is 0 Å². The van der Waals surface area contributed by atoms with Crippen molar-refractivity contribution >= 4 is 23.3 Å². The molecule has 0 aromatic carbocycles. The first-order valence-corrected chi connectivity index (χ1v) is 9.02. The minimum Gasteiger partial charge on any atom is -0.444 e. The van der Waals surface area contributed by atoms with Gasteiger partial charge in [-0.1, -0.05) is 0 Å². The molecule has 0 aromatic heterocycles. The fourth-order valence-corrected chi connectivity index (χ4v) is 2.63.